The highest BCUT2D eigenvalue weighted by atomic mass is 32.2. The molecule has 1 aromatic heterocycles. The lowest BCUT2D eigenvalue weighted by Gasteiger charge is -2.41. The van der Waals surface area contributed by atoms with E-state index < -0.39 is 73.2 Å². The van der Waals surface area contributed by atoms with Gasteiger partial charge in [-0.15, -0.1) is 0 Å². The Labute approximate surface area is 194 Å². The van der Waals surface area contributed by atoms with Gasteiger partial charge in [-0.2, -0.15) is 13.1 Å². The number of anilines is 2. The van der Waals surface area contributed by atoms with Crippen LogP contribution in [0.3, 0.4) is 0 Å². The summed E-state index contributed by atoms with van der Waals surface area (Å²) >= 11 is 0. The van der Waals surface area contributed by atoms with Gasteiger partial charge in [0.2, 0.25) is 9.84 Å². The zero-order valence-electron chi connectivity index (χ0n) is 17.8. The van der Waals surface area contributed by atoms with Crippen molar-refractivity contribution in [3.63, 3.8) is 0 Å². The van der Waals surface area contributed by atoms with Gasteiger partial charge in [0.25, 0.3) is 5.16 Å². The van der Waals surface area contributed by atoms with Crippen LogP contribution in [0.15, 0.2) is 29.4 Å². The van der Waals surface area contributed by atoms with Crippen LogP contribution < -0.4 is 14.9 Å². The summed E-state index contributed by atoms with van der Waals surface area (Å²) in [6.45, 7) is 1.14. The molecule has 188 valence electrons. The smallest absolute Gasteiger partial charge is 0.335 e. The fourth-order valence-electron chi connectivity index (χ4n) is 3.15. The topological polar surface area (TPSA) is 182 Å². The largest absolute Gasteiger partial charge is 0.394 e. The van der Waals surface area contributed by atoms with E-state index in [1.807, 2.05) is 4.72 Å². The van der Waals surface area contributed by atoms with Gasteiger partial charge in [-0.25, -0.2) is 27.2 Å². The molecule has 3 rings (SSSR count). The minimum Gasteiger partial charge on any atom is -0.394 e. The van der Waals surface area contributed by atoms with E-state index in [1.54, 1.807) is 0 Å². The quantitative estimate of drug-likeness (QED) is 0.206. The number of hydrogen-bond acceptors (Lipinski definition) is 10. The zero-order chi connectivity index (χ0) is 25.3. The number of aliphatic hydroxyl groups excluding tert-OH is 2. The number of aliphatic hydroxyl groups is 2. The summed E-state index contributed by atoms with van der Waals surface area (Å²) in [5.74, 6) is -3.66. The predicted octanol–water partition coefficient (Wildman–Crippen LogP) is -0.189. The van der Waals surface area contributed by atoms with Gasteiger partial charge in [-0.3, -0.25) is 4.55 Å². The summed E-state index contributed by atoms with van der Waals surface area (Å²) in [6, 6.07) is 3.58. The third-order valence-corrected chi connectivity index (χ3v) is 7.09. The molecule has 1 fully saturated rings. The molecule has 5 N–H and O–H groups in total. The minimum absolute atomic E-state index is 0.0473. The molecule has 1 unspecified atom stereocenters. The van der Waals surface area contributed by atoms with Crippen molar-refractivity contribution in [2.45, 2.75) is 42.6 Å². The lowest BCUT2D eigenvalue weighted by atomic mass is 10.1. The Kier molecular flexibility index (Phi) is 7.69. The second-order valence-corrected chi connectivity index (χ2v) is 10.7. The maximum Gasteiger partial charge on any atom is 0.335 e. The predicted molar refractivity (Wildman–Crippen MR) is 116 cm³/mol. The van der Waals surface area contributed by atoms with E-state index in [2.05, 4.69) is 15.3 Å². The number of aromatic nitrogens is 2. The van der Waals surface area contributed by atoms with Gasteiger partial charge in [0.05, 0.1) is 30.7 Å². The summed E-state index contributed by atoms with van der Waals surface area (Å²) in [5.41, 5.74) is -0.442. The van der Waals surface area contributed by atoms with Crippen LogP contribution in [0.5, 0.6) is 0 Å². The first-order valence-corrected chi connectivity index (χ1v) is 13.0. The van der Waals surface area contributed by atoms with Crippen LogP contribution in [0.25, 0.3) is 0 Å². The first-order valence-electron chi connectivity index (χ1n) is 9.92. The minimum atomic E-state index is -4.56. The lowest BCUT2D eigenvalue weighted by molar-refractivity contribution is 0.0837. The van der Waals surface area contributed by atoms with Gasteiger partial charge in [0.1, 0.15) is 11.6 Å². The number of halogens is 2. The van der Waals surface area contributed by atoms with E-state index in [0.29, 0.717) is 0 Å². The molecule has 2 heterocycles. The van der Waals surface area contributed by atoms with Crippen molar-refractivity contribution in [2.24, 2.45) is 0 Å². The highest BCUT2D eigenvalue weighted by Gasteiger charge is 2.34. The maximum absolute atomic E-state index is 14.1. The molecule has 12 nitrogen and oxygen atoms in total. The Morgan fingerprint density at radius 1 is 1.24 bits per heavy atom. The van der Waals surface area contributed by atoms with Crippen molar-refractivity contribution in [1.29, 1.82) is 0 Å². The van der Waals surface area contributed by atoms with Gasteiger partial charge in [0.15, 0.2) is 11.6 Å². The molecule has 1 aromatic carbocycles. The standard InChI is InChI=1S/C18H23F2N5O7S2/c1-10(13(27)8-26)21-14-7-16(25-6-5-15(25)24-34(30,31)32)23-18(22-14)33(28,29)9-11-3-2-4-12(19)17(11)20/h2-4,7,10,13,15,24,26-27H,5-6,8-9H2,1H3,(H,21,22,23)(H,30,31,32)/t10-,13+,15?/m1/s1. The summed E-state index contributed by atoms with van der Waals surface area (Å²) in [4.78, 5) is 9.23. The molecule has 16 heteroatoms. The van der Waals surface area contributed by atoms with Crippen LogP contribution in [0, 0.1) is 11.6 Å². The SMILES string of the molecule is C[C@@H](Nc1cc(N2CCC2NS(=O)(=O)O)nc(S(=O)(=O)Cc2cccc(F)c2F)n1)[C@@H](O)CO. The van der Waals surface area contributed by atoms with Crippen molar-refractivity contribution in [2.75, 3.05) is 23.4 Å². The normalized spacial score (nSPS) is 18.3. The number of benzene rings is 1. The Bertz CT molecular complexity index is 1260. The fourth-order valence-corrected chi connectivity index (χ4v) is 4.97. The molecule has 0 bridgehead atoms. The van der Waals surface area contributed by atoms with E-state index in [1.165, 1.54) is 17.9 Å². The Balaban J connectivity index is 2.00. The number of nitrogens with one attached hydrogen (secondary N) is 2. The highest BCUT2D eigenvalue weighted by molar-refractivity contribution is 7.90. The van der Waals surface area contributed by atoms with Gasteiger partial charge in [-0.1, -0.05) is 12.1 Å². The van der Waals surface area contributed by atoms with Crippen molar-refractivity contribution in [3.05, 3.63) is 41.5 Å². The molecule has 0 saturated carbocycles. The van der Waals surface area contributed by atoms with Crippen molar-refractivity contribution in [3.8, 4) is 0 Å². The number of nitrogens with zero attached hydrogens (tertiary/aromatic N) is 3. The molecule has 1 aliphatic rings. The molecule has 34 heavy (non-hydrogen) atoms. The van der Waals surface area contributed by atoms with E-state index >= 15 is 0 Å². The molecule has 0 amide bonds. The van der Waals surface area contributed by atoms with Crippen LogP contribution in [-0.4, -0.2) is 73.0 Å². The summed E-state index contributed by atoms with van der Waals surface area (Å²) < 4.78 is 86.9. The van der Waals surface area contributed by atoms with E-state index in [9.17, 15) is 30.7 Å². The number of rotatable bonds is 10. The highest BCUT2D eigenvalue weighted by Crippen LogP contribution is 2.28. The summed E-state index contributed by atoms with van der Waals surface area (Å²) in [6.07, 6.45) is -1.87. The first kappa shape index (κ1) is 26.1. The molecule has 1 aliphatic heterocycles. The van der Waals surface area contributed by atoms with Gasteiger partial charge < -0.3 is 20.4 Å². The van der Waals surface area contributed by atoms with Gasteiger partial charge in [-0.05, 0) is 19.4 Å². The number of hydrogen-bond donors (Lipinski definition) is 5. The van der Waals surface area contributed by atoms with E-state index in [4.69, 9.17) is 9.66 Å². The average Bonchev–Trinajstić information content (AvgIpc) is 2.73. The van der Waals surface area contributed by atoms with Crippen LogP contribution in [0.4, 0.5) is 20.4 Å². The monoisotopic (exact) mass is 523 g/mol. The van der Waals surface area contributed by atoms with Crippen LogP contribution in [-0.2, 0) is 25.9 Å². The third kappa shape index (κ3) is 6.13. The molecule has 0 aliphatic carbocycles. The second kappa shape index (κ2) is 10.0. The second-order valence-electron chi connectivity index (χ2n) is 7.64. The van der Waals surface area contributed by atoms with Crippen molar-refractivity contribution >= 4 is 31.8 Å². The molecule has 2 aromatic rings. The lowest BCUT2D eigenvalue weighted by Crippen LogP contribution is -2.58. The van der Waals surface area contributed by atoms with Crippen LogP contribution >= 0.6 is 0 Å². The molecule has 0 spiro atoms. The Morgan fingerprint density at radius 3 is 2.53 bits per heavy atom. The maximum atomic E-state index is 14.1. The Hall–Kier alpha value is -2.50. The molecule has 3 atom stereocenters. The zero-order valence-corrected chi connectivity index (χ0v) is 19.4. The Morgan fingerprint density at radius 2 is 1.94 bits per heavy atom. The van der Waals surface area contributed by atoms with E-state index in [-0.39, 0.29) is 24.6 Å². The summed E-state index contributed by atoms with van der Waals surface area (Å²) in [7, 11) is -8.99. The molecular weight excluding hydrogens is 500 g/mol. The van der Waals surface area contributed by atoms with Crippen LogP contribution in [0.1, 0.15) is 18.9 Å². The van der Waals surface area contributed by atoms with Gasteiger partial charge in [0, 0.05) is 18.2 Å². The van der Waals surface area contributed by atoms with Crippen molar-refractivity contribution < 1.29 is 40.4 Å². The first-order chi connectivity index (χ1) is 15.8. The van der Waals surface area contributed by atoms with Crippen LogP contribution in [0.2, 0.25) is 0 Å². The number of sulfone groups is 1. The molecular formula is C18H23F2N5O7S2. The molecule has 1 saturated heterocycles. The molecule has 0 radical (unpaired) electrons. The van der Waals surface area contributed by atoms with E-state index in [0.717, 1.165) is 18.2 Å². The fraction of sp³-hybridized carbons (Fsp3) is 0.444. The van der Waals surface area contributed by atoms with Crippen molar-refractivity contribution in [1.82, 2.24) is 14.7 Å². The van der Waals surface area contributed by atoms with Gasteiger partial charge >= 0.3 is 10.3 Å². The third-order valence-electron chi connectivity index (χ3n) is 5.09. The summed E-state index contributed by atoms with van der Waals surface area (Å²) in [5, 5.41) is 20.9. The average molecular weight is 524 g/mol.